The van der Waals surface area contributed by atoms with Gasteiger partial charge in [0.2, 0.25) is 0 Å². The van der Waals surface area contributed by atoms with Crippen LogP contribution < -0.4 is 15.5 Å². The summed E-state index contributed by atoms with van der Waals surface area (Å²) in [5, 5.41) is 7.09. The molecule has 2 fully saturated rings. The van der Waals surface area contributed by atoms with Crippen molar-refractivity contribution in [3.05, 3.63) is 29.8 Å². The SMILES string of the molecule is CCN1CCCC1CNC(=NC)NC(C)c1cccc(N2CCCC2)c1.I. The highest BCUT2D eigenvalue weighted by atomic mass is 127. The van der Waals surface area contributed by atoms with Crippen molar-refractivity contribution in [2.24, 2.45) is 4.99 Å². The van der Waals surface area contributed by atoms with Crippen molar-refractivity contribution in [1.82, 2.24) is 15.5 Å². The van der Waals surface area contributed by atoms with Crippen LogP contribution in [0.15, 0.2) is 29.3 Å². The Morgan fingerprint density at radius 1 is 1.22 bits per heavy atom. The van der Waals surface area contributed by atoms with Crippen molar-refractivity contribution in [2.45, 2.75) is 51.6 Å². The monoisotopic (exact) mass is 485 g/mol. The fourth-order valence-corrected chi connectivity index (χ4v) is 4.21. The summed E-state index contributed by atoms with van der Waals surface area (Å²) in [6.07, 6.45) is 5.21. The summed E-state index contributed by atoms with van der Waals surface area (Å²) >= 11 is 0. The van der Waals surface area contributed by atoms with Gasteiger partial charge in [-0.25, -0.2) is 0 Å². The lowest BCUT2D eigenvalue weighted by atomic mass is 10.1. The van der Waals surface area contributed by atoms with Gasteiger partial charge >= 0.3 is 0 Å². The van der Waals surface area contributed by atoms with Crippen LogP contribution in [0, 0.1) is 0 Å². The minimum absolute atomic E-state index is 0. The number of hydrogen-bond acceptors (Lipinski definition) is 3. The third-order valence-electron chi connectivity index (χ3n) is 5.83. The zero-order valence-electron chi connectivity index (χ0n) is 17.1. The van der Waals surface area contributed by atoms with Crippen LogP contribution in [-0.4, -0.2) is 56.7 Å². The van der Waals surface area contributed by atoms with Crippen molar-refractivity contribution in [1.29, 1.82) is 0 Å². The predicted octanol–water partition coefficient (Wildman–Crippen LogP) is 3.62. The molecule has 5 nitrogen and oxygen atoms in total. The number of rotatable bonds is 6. The fraction of sp³-hybridized carbons (Fsp3) is 0.667. The van der Waals surface area contributed by atoms with E-state index in [9.17, 15) is 0 Å². The Kier molecular flexibility index (Phi) is 9.15. The first kappa shape index (κ1) is 22.3. The Balaban J connectivity index is 0.00000261. The van der Waals surface area contributed by atoms with Crippen LogP contribution in [0.1, 0.15) is 51.1 Å². The number of likely N-dealkylation sites (N-methyl/N-ethyl adjacent to an activating group) is 1. The number of nitrogens with one attached hydrogen (secondary N) is 2. The zero-order valence-corrected chi connectivity index (χ0v) is 19.4. The smallest absolute Gasteiger partial charge is 0.191 e. The standard InChI is InChI=1S/C21H35N5.HI/c1-4-25-14-8-11-20(25)16-23-21(22-3)24-17(2)18-9-7-10-19(15-18)26-12-5-6-13-26;/h7,9-10,15,17,20H,4-6,8,11-14,16H2,1-3H3,(H2,22,23,24);1H. The molecule has 0 spiro atoms. The summed E-state index contributed by atoms with van der Waals surface area (Å²) in [5.74, 6) is 0.895. The zero-order chi connectivity index (χ0) is 18.4. The van der Waals surface area contributed by atoms with Crippen molar-refractivity contribution in [3.63, 3.8) is 0 Å². The van der Waals surface area contributed by atoms with E-state index in [2.05, 4.69) is 63.5 Å². The Morgan fingerprint density at radius 3 is 2.70 bits per heavy atom. The van der Waals surface area contributed by atoms with E-state index in [-0.39, 0.29) is 30.0 Å². The van der Waals surface area contributed by atoms with Crippen LogP contribution in [0.2, 0.25) is 0 Å². The van der Waals surface area contributed by atoms with Gasteiger partial charge < -0.3 is 15.5 Å². The van der Waals surface area contributed by atoms with Gasteiger partial charge in [-0.3, -0.25) is 9.89 Å². The van der Waals surface area contributed by atoms with Gasteiger partial charge in [-0.1, -0.05) is 19.1 Å². The minimum atomic E-state index is 0. The molecule has 0 saturated carbocycles. The highest BCUT2D eigenvalue weighted by molar-refractivity contribution is 14.0. The molecule has 1 aromatic rings. The lowest BCUT2D eigenvalue weighted by Gasteiger charge is -2.25. The van der Waals surface area contributed by atoms with Crippen LogP contribution >= 0.6 is 24.0 Å². The number of benzene rings is 1. The lowest BCUT2D eigenvalue weighted by Crippen LogP contribution is -2.45. The Hall–Kier alpha value is -1.02. The molecule has 0 amide bonds. The van der Waals surface area contributed by atoms with E-state index in [1.165, 1.54) is 56.6 Å². The van der Waals surface area contributed by atoms with Crippen molar-refractivity contribution in [2.75, 3.05) is 44.7 Å². The average Bonchev–Trinajstić information content (AvgIpc) is 3.36. The molecular weight excluding hydrogens is 449 g/mol. The van der Waals surface area contributed by atoms with E-state index in [1.54, 1.807) is 0 Å². The van der Waals surface area contributed by atoms with Gasteiger partial charge in [0.1, 0.15) is 0 Å². The van der Waals surface area contributed by atoms with Gasteiger partial charge in [0.05, 0.1) is 6.04 Å². The summed E-state index contributed by atoms with van der Waals surface area (Å²) in [5.41, 5.74) is 2.66. The van der Waals surface area contributed by atoms with Crippen LogP contribution in [0.3, 0.4) is 0 Å². The lowest BCUT2D eigenvalue weighted by molar-refractivity contribution is 0.267. The van der Waals surface area contributed by atoms with Gasteiger partial charge in [0.15, 0.2) is 5.96 Å². The van der Waals surface area contributed by atoms with Crippen molar-refractivity contribution >= 4 is 35.6 Å². The normalized spacial score (nSPS) is 21.8. The first-order valence-corrected chi connectivity index (χ1v) is 10.3. The number of anilines is 1. The molecule has 0 aliphatic carbocycles. The Labute approximate surface area is 182 Å². The number of hydrogen-bond donors (Lipinski definition) is 2. The van der Waals surface area contributed by atoms with Crippen LogP contribution in [-0.2, 0) is 0 Å². The topological polar surface area (TPSA) is 42.9 Å². The maximum atomic E-state index is 4.43. The number of halogens is 1. The third kappa shape index (κ3) is 5.98. The minimum Gasteiger partial charge on any atom is -0.372 e. The van der Waals surface area contributed by atoms with Crippen LogP contribution in [0.25, 0.3) is 0 Å². The number of nitrogens with zero attached hydrogens (tertiary/aromatic N) is 3. The molecule has 0 radical (unpaired) electrons. The molecule has 2 unspecified atom stereocenters. The Morgan fingerprint density at radius 2 is 2.00 bits per heavy atom. The largest absolute Gasteiger partial charge is 0.372 e. The van der Waals surface area contributed by atoms with E-state index in [1.807, 2.05) is 7.05 Å². The highest BCUT2D eigenvalue weighted by Gasteiger charge is 2.23. The van der Waals surface area contributed by atoms with E-state index in [4.69, 9.17) is 0 Å². The number of guanidine groups is 1. The summed E-state index contributed by atoms with van der Waals surface area (Å²) < 4.78 is 0. The van der Waals surface area contributed by atoms with Gasteiger partial charge in [-0.2, -0.15) is 0 Å². The maximum absolute atomic E-state index is 4.43. The third-order valence-corrected chi connectivity index (χ3v) is 5.83. The average molecular weight is 485 g/mol. The second-order valence-corrected chi connectivity index (χ2v) is 7.53. The molecule has 27 heavy (non-hydrogen) atoms. The van der Waals surface area contributed by atoms with Gasteiger partial charge in [0.25, 0.3) is 0 Å². The molecule has 152 valence electrons. The second-order valence-electron chi connectivity index (χ2n) is 7.53. The number of likely N-dealkylation sites (tertiary alicyclic amines) is 1. The van der Waals surface area contributed by atoms with E-state index < -0.39 is 0 Å². The van der Waals surface area contributed by atoms with Gasteiger partial charge in [-0.15, -0.1) is 24.0 Å². The maximum Gasteiger partial charge on any atom is 0.191 e. The molecule has 2 aliphatic rings. The first-order valence-electron chi connectivity index (χ1n) is 10.3. The molecule has 2 N–H and O–H groups in total. The Bertz CT molecular complexity index is 600. The quantitative estimate of drug-likeness (QED) is 0.367. The summed E-state index contributed by atoms with van der Waals surface area (Å²) in [6.45, 7) is 10.2. The molecule has 2 aliphatic heterocycles. The summed E-state index contributed by atoms with van der Waals surface area (Å²) in [7, 11) is 1.86. The van der Waals surface area contributed by atoms with E-state index in [0.29, 0.717) is 6.04 Å². The van der Waals surface area contributed by atoms with Crippen molar-refractivity contribution < 1.29 is 0 Å². The second kappa shape index (κ2) is 11.1. The number of aliphatic imine (C=N–C) groups is 1. The molecule has 0 bridgehead atoms. The molecule has 3 rings (SSSR count). The summed E-state index contributed by atoms with van der Waals surface area (Å²) in [6, 6.07) is 9.80. The van der Waals surface area contributed by atoms with Gasteiger partial charge in [0, 0.05) is 38.4 Å². The van der Waals surface area contributed by atoms with E-state index >= 15 is 0 Å². The van der Waals surface area contributed by atoms with Crippen LogP contribution in [0.5, 0.6) is 0 Å². The first-order chi connectivity index (χ1) is 12.7. The van der Waals surface area contributed by atoms with Crippen LogP contribution in [0.4, 0.5) is 5.69 Å². The molecule has 2 atom stereocenters. The molecule has 0 aromatic heterocycles. The molecular formula is C21H36IN5. The molecule has 6 heteroatoms. The predicted molar refractivity (Wildman–Crippen MR) is 126 cm³/mol. The fourth-order valence-electron chi connectivity index (χ4n) is 4.21. The van der Waals surface area contributed by atoms with E-state index in [0.717, 1.165) is 19.0 Å². The molecule has 1 aromatic carbocycles. The van der Waals surface area contributed by atoms with Crippen molar-refractivity contribution in [3.8, 4) is 0 Å². The molecule has 2 heterocycles. The highest BCUT2D eigenvalue weighted by Crippen LogP contribution is 2.24. The van der Waals surface area contributed by atoms with Gasteiger partial charge in [-0.05, 0) is 63.4 Å². The molecule has 2 saturated heterocycles. The summed E-state index contributed by atoms with van der Waals surface area (Å²) in [4.78, 5) is 9.48.